The van der Waals surface area contributed by atoms with Crippen LogP contribution >= 0.6 is 0 Å². The van der Waals surface area contributed by atoms with Crippen LogP contribution in [0.1, 0.15) is 6.23 Å². The van der Waals surface area contributed by atoms with Crippen molar-refractivity contribution in [2.45, 2.75) is 31.0 Å². The number of aromatic amines is 1. The third kappa shape index (κ3) is 2.09. The minimum atomic E-state index is -0.871. The summed E-state index contributed by atoms with van der Waals surface area (Å²) in [5.74, 6) is 0. The summed E-state index contributed by atoms with van der Waals surface area (Å²) in [6, 6.07) is 1.20. The predicted octanol–water partition coefficient (Wildman–Crippen LogP) is -1.86. The third-order valence-electron chi connectivity index (χ3n) is 3.32. The lowest BCUT2D eigenvalue weighted by molar-refractivity contribution is -0.257. The molecule has 2 aliphatic rings. The molecule has 0 radical (unpaired) electrons. The van der Waals surface area contributed by atoms with Crippen LogP contribution in [0.5, 0.6) is 0 Å². The van der Waals surface area contributed by atoms with Gasteiger partial charge >= 0.3 is 5.69 Å². The predicted molar refractivity (Wildman–Crippen MR) is 62.9 cm³/mol. The fourth-order valence-electron chi connectivity index (χ4n) is 2.42. The van der Waals surface area contributed by atoms with Gasteiger partial charge in [-0.15, -0.1) is 0 Å². The van der Waals surface area contributed by atoms with Crippen LogP contribution in [-0.2, 0) is 18.9 Å². The second kappa shape index (κ2) is 5.11. The Kier molecular flexibility index (Phi) is 3.44. The molecule has 2 saturated heterocycles. The number of fused-ring (bicyclic) bond motifs is 1. The highest BCUT2D eigenvalue weighted by Crippen LogP contribution is 2.38. The summed E-state index contributed by atoms with van der Waals surface area (Å²) in [5.41, 5.74) is -1.12. The Morgan fingerprint density at radius 2 is 2.10 bits per heavy atom. The molecule has 110 valence electrons. The Hall–Kier alpha value is -1.52. The second-order valence-electron chi connectivity index (χ2n) is 4.49. The van der Waals surface area contributed by atoms with Crippen molar-refractivity contribution in [3.05, 3.63) is 33.1 Å². The molecule has 3 rings (SSSR count). The summed E-state index contributed by atoms with van der Waals surface area (Å²) in [7, 11) is 1.42. The SMILES string of the molecule is COC1OC2C(CO)OC(n3ccc(=O)[nH]c3=O)C2O1. The Labute approximate surface area is 112 Å². The van der Waals surface area contributed by atoms with Crippen molar-refractivity contribution >= 4 is 0 Å². The average Bonchev–Trinajstić information content (AvgIpc) is 2.97. The molecular formula is C11H14N2O7. The van der Waals surface area contributed by atoms with Gasteiger partial charge in [0.05, 0.1) is 6.61 Å². The molecular weight excluding hydrogens is 272 g/mol. The maximum absolute atomic E-state index is 11.8. The molecule has 9 heteroatoms. The zero-order chi connectivity index (χ0) is 14.3. The largest absolute Gasteiger partial charge is 0.394 e. The van der Waals surface area contributed by atoms with Crippen LogP contribution < -0.4 is 11.2 Å². The van der Waals surface area contributed by atoms with Gasteiger partial charge in [0.2, 0.25) is 0 Å². The molecule has 2 fully saturated rings. The van der Waals surface area contributed by atoms with Crippen LogP contribution in [0.25, 0.3) is 0 Å². The smallest absolute Gasteiger partial charge is 0.330 e. The molecule has 0 aliphatic carbocycles. The molecule has 0 amide bonds. The number of methoxy groups -OCH3 is 1. The van der Waals surface area contributed by atoms with Crippen LogP contribution in [0.2, 0.25) is 0 Å². The Bertz CT molecular complexity index is 597. The fraction of sp³-hybridized carbons (Fsp3) is 0.636. The number of hydrogen-bond acceptors (Lipinski definition) is 7. The van der Waals surface area contributed by atoms with Crippen molar-refractivity contribution in [2.75, 3.05) is 13.7 Å². The van der Waals surface area contributed by atoms with Crippen molar-refractivity contribution in [1.29, 1.82) is 0 Å². The first-order chi connectivity index (χ1) is 9.63. The number of H-pyrrole nitrogens is 1. The van der Waals surface area contributed by atoms with E-state index in [1.165, 1.54) is 23.9 Å². The zero-order valence-electron chi connectivity index (χ0n) is 10.6. The van der Waals surface area contributed by atoms with Gasteiger partial charge < -0.3 is 24.1 Å². The van der Waals surface area contributed by atoms with E-state index < -0.39 is 42.3 Å². The van der Waals surface area contributed by atoms with E-state index in [4.69, 9.17) is 18.9 Å². The van der Waals surface area contributed by atoms with Gasteiger partial charge in [0.25, 0.3) is 12.0 Å². The summed E-state index contributed by atoms with van der Waals surface area (Å²) < 4.78 is 22.6. The number of aromatic nitrogens is 2. The summed E-state index contributed by atoms with van der Waals surface area (Å²) in [6.07, 6.45) is -1.29. The van der Waals surface area contributed by atoms with Gasteiger partial charge in [-0.25, -0.2) is 4.79 Å². The van der Waals surface area contributed by atoms with E-state index in [2.05, 4.69) is 4.98 Å². The second-order valence-corrected chi connectivity index (χ2v) is 4.49. The van der Waals surface area contributed by atoms with Gasteiger partial charge in [-0.05, 0) is 0 Å². The van der Waals surface area contributed by atoms with Gasteiger partial charge in [0.1, 0.15) is 18.3 Å². The topological polar surface area (TPSA) is 112 Å². The van der Waals surface area contributed by atoms with Crippen LogP contribution in [-0.4, -0.2) is 53.2 Å². The number of nitrogens with one attached hydrogen (secondary N) is 1. The van der Waals surface area contributed by atoms with Gasteiger partial charge in [0.15, 0.2) is 6.23 Å². The van der Waals surface area contributed by atoms with Crippen LogP contribution in [0.3, 0.4) is 0 Å². The van der Waals surface area contributed by atoms with E-state index in [0.29, 0.717) is 0 Å². The summed E-state index contributed by atoms with van der Waals surface area (Å²) in [6.45, 7) is -1.15. The van der Waals surface area contributed by atoms with Gasteiger partial charge in [0, 0.05) is 19.4 Å². The average molecular weight is 286 g/mol. The number of aliphatic hydroxyl groups excluding tert-OH is 1. The van der Waals surface area contributed by atoms with Crippen LogP contribution in [0, 0.1) is 0 Å². The van der Waals surface area contributed by atoms with Crippen molar-refractivity contribution in [2.24, 2.45) is 0 Å². The minimum Gasteiger partial charge on any atom is -0.394 e. The Balaban J connectivity index is 1.93. The summed E-state index contributed by atoms with van der Waals surface area (Å²) >= 11 is 0. The quantitative estimate of drug-likeness (QED) is 0.670. The highest BCUT2D eigenvalue weighted by atomic mass is 16.9. The molecule has 9 nitrogen and oxygen atoms in total. The van der Waals surface area contributed by atoms with Crippen molar-refractivity contribution in [3.8, 4) is 0 Å². The third-order valence-corrected chi connectivity index (χ3v) is 3.32. The fourth-order valence-corrected chi connectivity index (χ4v) is 2.42. The molecule has 2 N–H and O–H groups in total. The minimum absolute atomic E-state index is 0.282. The molecule has 5 unspecified atom stereocenters. The van der Waals surface area contributed by atoms with Crippen molar-refractivity contribution in [1.82, 2.24) is 9.55 Å². The van der Waals surface area contributed by atoms with E-state index in [9.17, 15) is 14.7 Å². The molecule has 5 atom stereocenters. The molecule has 2 aliphatic heterocycles. The standard InChI is InChI=1S/C11H14N2O7/c1-17-11-19-7-5(4-14)18-9(8(7)20-11)13-3-2-6(15)12-10(13)16/h2-3,5,7-9,11,14H,4H2,1H3,(H,12,15,16). The maximum Gasteiger partial charge on any atom is 0.330 e. The highest BCUT2D eigenvalue weighted by molar-refractivity contribution is 4.96. The van der Waals surface area contributed by atoms with E-state index in [-0.39, 0.29) is 6.61 Å². The molecule has 0 saturated carbocycles. The first-order valence-corrected chi connectivity index (χ1v) is 6.05. The first-order valence-electron chi connectivity index (χ1n) is 6.05. The van der Waals surface area contributed by atoms with E-state index >= 15 is 0 Å². The molecule has 1 aromatic heterocycles. The number of nitrogens with zero attached hydrogens (tertiary/aromatic N) is 1. The monoisotopic (exact) mass is 286 g/mol. The van der Waals surface area contributed by atoms with Crippen LogP contribution in [0.4, 0.5) is 0 Å². The Morgan fingerprint density at radius 3 is 2.75 bits per heavy atom. The van der Waals surface area contributed by atoms with Gasteiger partial charge in [-0.1, -0.05) is 0 Å². The first kappa shape index (κ1) is 13.5. The lowest BCUT2D eigenvalue weighted by Gasteiger charge is -2.19. The van der Waals surface area contributed by atoms with E-state index in [1.54, 1.807) is 0 Å². The molecule has 0 spiro atoms. The van der Waals surface area contributed by atoms with Gasteiger partial charge in [-0.2, -0.15) is 0 Å². The summed E-state index contributed by atoms with van der Waals surface area (Å²) in [4.78, 5) is 25.0. The maximum atomic E-state index is 11.8. The lowest BCUT2D eigenvalue weighted by atomic mass is 10.1. The van der Waals surface area contributed by atoms with Crippen molar-refractivity contribution < 1.29 is 24.1 Å². The summed E-state index contributed by atoms with van der Waals surface area (Å²) in [5, 5.41) is 9.30. The van der Waals surface area contributed by atoms with E-state index in [0.717, 1.165) is 0 Å². The zero-order valence-corrected chi connectivity index (χ0v) is 10.6. The molecule has 0 aromatic carbocycles. The van der Waals surface area contributed by atoms with Gasteiger partial charge in [-0.3, -0.25) is 14.3 Å². The molecule has 20 heavy (non-hydrogen) atoms. The molecule has 1 aromatic rings. The Morgan fingerprint density at radius 1 is 1.35 bits per heavy atom. The number of aliphatic hydroxyl groups is 1. The highest BCUT2D eigenvalue weighted by Gasteiger charge is 2.53. The molecule has 0 bridgehead atoms. The number of rotatable bonds is 3. The number of hydrogen-bond donors (Lipinski definition) is 2. The molecule has 3 heterocycles. The van der Waals surface area contributed by atoms with E-state index in [1.807, 2.05) is 0 Å². The number of ether oxygens (including phenoxy) is 4. The lowest BCUT2D eigenvalue weighted by Crippen LogP contribution is -2.36. The normalized spacial score (nSPS) is 36.2. The van der Waals surface area contributed by atoms with Crippen LogP contribution in [0.15, 0.2) is 21.9 Å². The van der Waals surface area contributed by atoms with Crippen molar-refractivity contribution in [3.63, 3.8) is 0 Å².